The van der Waals surface area contributed by atoms with Crippen LogP contribution in [0, 0.1) is 17.3 Å². The van der Waals surface area contributed by atoms with Crippen molar-refractivity contribution in [3.8, 4) is 0 Å². The monoisotopic (exact) mass is 249 g/mol. The van der Waals surface area contributed by atoms with E-state index in [1.165, 1.54) is 0 Å². The van der Waals surface area contributed by atoms with Crippen molar-refractivity contribution in [2.75, 3.05) is 13.1 Å². The van der Waals surface area contributed by atoms with Crippen LogP contribution in [0.15, 0.2) is 0 Å². The average Bonchev–Trinajstić information content (AvgIpc) is 2.82. The summed E-state index contributed by atoms with van der Waals surface area (Å²) in [6.07, 6.45) is 2.90. The number of tetrazole rings is 1. The Labute approximate surface area is 106 Å². The van der Waals surface area contributed by atoms with Crippen molar-refractivity contribution in [2.24, 2.45) is 17.3 Å². The lowest BCUT2D eigenvalue weighted by Gasteiger charge is -2.17. The lowest BCUT2D eigenvalue weighted by Crippen LogP contribution is -2.31. The van der Waals surface area contributed by atoms with Gasteiger partial charge in [0.05, 0.1) is 0 Å². The third-order valence-corrected chi connectivity index (χ3v) is 4.27. The van der Waals surface area contributed by atoms with Crippen molar-refractivity contribution < 1.29 is 4.79 Å². The molecule has 2 fully saturated rings. The second-order valence-electron chi connectivity index (χ2n) is 6.22. The van der Waals surface area contributed by atoms with E-state index >= 15 is 0 Å². The summed E-state index contributed by atoms with van der Waals surface area (Å²) >= 11 is 0. The third-order valence-electron chi connectivity index (χ3n) is 4.27. The topological polar surface area (TPSA) is 74.8 Å². The van der Waals surface area contributed by atoms with Crippen LogP contribution in [0.25, 0.3) is 0 Å². The summed E-state index contributed by atoms with van der Waals surface area (Å²) < 4.78 is 0. The molecule has 0 spiro atoms. The van der Waals surface area contributed by atoms with Crippen LogP contribution in [0.1, 0.15) is 32.5 Å². The van der Waals surface area contributed by atoms with Crippen molar-refractivity contribution in [2.45, 2.75) is 33.1 Å². The summed E-state index contributed by atoms with van der Waals surface area (Å²) in [7, 11) is 0. The number of carbonyl (C=O) groups is 1. The van der Waals surface area contributed by atoms with E-state index < -0.39 is 0 Å². The van der Waals surface area contributed by atoms with Crippen LogP contribution < -0.4 is 0 Å². The molecule has 1 aliphatic heterocycles. The molecule has 0 aromatic carbocycles. The van der Waals surface area contributed by atoms with Gasteiger partial charge in [0.2, 0.25) is 5.91 Å². The SMILES string of the molecule is CC1(C)C[C@@H]1C(=O)N1CCC(Cc2nn[nH]n2)C1. The molecule has 1 aromatic rings. The summed E-state index contributed by atoms with van der Waals surface area (Å²) in [6.45, 7) is 6.07. The number of aromatic amines is 1. The van der Waals surface area contributed by atoms with Crippen LogP contribution in [0.5, 0.6) is 0 Å². The molecule has 1 N–H and O–H groups in total. The summed E-state index contributed by atoms with van der Waals surface area (Å²) in [5.74, 6) is 1.83. The minimum absolute atomic E-state index is 0.225. The van der Waals surface area contributed by atoms with E-state index in [9.17, 15) is 4.79 Å². The Kier molecular flexibility index (Phi) is 2.60. The summed E-state index contributed by atoms with van der Waals surface area (Å²) in [5.41, 5.74) is 0.225. The van der Waals surface area contributed by atoms with Crippen LogP contribution in [0.3, 0.4) is 0 Å². The van der Waals surface area contributed by atoms with E-state index in [1.807, 2.05) is 4.90 Å². The summed E-state index contributed by atoms with van der Waals surface area (Å²) in [5, 5.41) is 14.0. The molecule has 1 aliphatic carbocycles. The molecular weight excluding hydrogens is 230 g/mol. The predicted molar refractivity (Wildman–Crippen MR) is 64.5 cm³/mol. The number of rotatable bonds is 3. The van der Waals surface area contributed by atoms with Crippen molar-refractivity contribution >= 4 is 5.91 Å². The lowest BCUT2D eigenvalue weighted by atomic mass is 10.1. The fraction of sp³-hybridized carbons (Fsp3) is 0.833. The molecule has 1 amide bonds. The number of hydrogen-bond acceptors (Lipinski definition) is 4. The third kappa shape index (κ3) is 2.11. The van der Waals surface area contributed by atoms with Gasteiger partial charge < -0.3 is 4.90 Å². The van der Waals surface area contributed by atoms with E-state index in [2.05, 4.69) is 34.5 Å². The van der Waals surface area contributed by atoms with Gasteiger partial charge in [-0.15, -0.1) is 10.2 Å². The smallest absolute Gasteiger partial charge is 0.226 e. The summed E-state index contributed by atoms with van der Waals surface area (Å²) in [6, 6.07) is 0. The van der Waals surface area contributed by atoms with Gasteiger partial charge in [-0.3, -0.25) is 4.79 Å². The van der Waals surface area contributed by atoms with E-state index in [-0.39, 0.29) is 11.3 Å². The molecule has 1 unspecified atom stereocenters. The molecule has 2 aliphatic rings. The zero-order chi connectivity index (χ0) is 12.8. The number of H-pyrrole nitrogens is 1. The number of aromatic nitrogens is 4. The van der Waals surface area contributed by atoms with Gasteiger partial charge in [-0.05, 0) is 24.2 Å². The van der Waals surface area contributed by atoms with Crippen LogP contribution in [0.2, 0.25) is 0 Å². The molecule has 2 heterocycles. The lowest BCUT2D eigenvalue weighted by molar-refractivity contribution is -0.132. The number of nitrogens with one attached hydrogen (secondary N) is 1. The number of nitrogens with zero attached hydrogens (tertiary/aromatic N) is 4. The van der Waals surface area contributed by atoms with Gasteiger partial charge in [-0.2, -0.15) is 5.21 Å². The highest BCUT2D eigenvalue weighted by atomic mass is 16.2. The number of hydrogen-bond donors (Lipinski definition) is 1. The Balaban J connectivity index is 1.54. The zero-order valence-electron chi connectivity index (χ0n) is 10.9. The fourth-order valence-corrected chi connectivity index (χ4v) is 2.84. The number of amides is 1. The number of carbonyl (C=O) groups excluding carboxylic acids is 1. The maximum Gasteiger partial charge on any atom is 0.226 e. The highest BCUT2D eigenvalue weighted by molar-refractivity contribution is 5.82. The van der Waals surface area contributed by atoms with E-state index in [0.717, 1.165) is 38.2 Å². The quantitative estimate of drug-likeness (QED) is 0.853. The Morgan fingerprint density at radius 1 is 1.56 bits per heavy atom. The average molecular weight is 249 g/mol. The van der Waals surface area contributed by atoms with Crippen molar-refractivity contribution in [1.82, 2.24) is 25.5 Å². The van der Waals surface area contributed by atoms with Gasteiger partial charge in [-0.1, -0.05) is 19.1 Å². The van der Waals surface area contributed by atoms with E-state index in [0.29, 0.717) is 11.8 Å². The highest BCUT2D eigenvalue weighted by Gasteiger charge is 2.52. The second-order valence-corrected chi connectivity index (χ2v) is 6.22. The van der Waals surface area contributed by atoms with Crippen LogP contribution in [0.4, 0.5) is 0 Å². The van der Waals surface area contributed by atoms with Crippen LogP contribution in [-0.4, -0.2) is 44.5 Å². The molecule has 3 rings (SSSR count). The first-order valence-electron chi connectivity index (χ1n) is 6.57. The minimum atomic E-state index is 0.225. The van der Waals surface area contributed by atoms with Gasteiger partial charge >= 0.3 is 0 Å². The minimum Gasteiger partial charge on any atom is -0.342 e. The first-order chi connectivity index (χ1) is 8.56. The van der Waals surface area contributed by atoms with Gasteiger partial charge in [0, 0.05) is 25.4 Å². The standard InChI is InChI=1S/C12H19N5O/c1-12(2)6-9(12)11(18)17-4-3-8(7-17)5-10-13-15-16-14-10/h8-9H,3-7H2,1-2H3,(H,13,14,15,16)/t8?,9-/m1/s1. The molecule has 18 heavy (non-hydrogen) atoms. The molecule has 1 saturated heterocycles. The fourth-order valence-electron chi connectivity index (χ4n) is 2.84. The predicted octanol–water partition coefficient (Wildman–Crippen LogP) is 0.637. The Bertz CT molecular complexity index is 441. The van der Waals surface area contributed by atoms with Gasteiger partial charge in [-0.25, -0.2) is 0 Å². The molecule has 6 nitrogen and oxygen atoms in total. The van der Waals surface area contributed by atoms with Gasteiger partial charge in [0.15, 0.2) is 5.82 Å². The van der Waals surface area contributed by atoms with Crippen molar-refractivity contribution in [3.63, 3.8) is 0 Å². The van der Waals surface area contributed by atoms with Crippen molar-refractivity contribution in [3.05, 3.63) is 5.82 Å². The molecule has 0 bridgehead atoms. The molecule has 98 valence electrons. The van der Waals surface area contributed by atoms with Crippen molar-refractivity contribution in [1.29, 1.82) is 0 Å². The van der Waals surface area contributed by atoms with Gasteiger partial charge in [0.25, 0.3) is 0 Å². The van der Waals surface area contributed by atoms with E-state index in [1.54, 1.807) is 0 Å². The molecule has 2 atom stereocenters. The maximum atomic E-state index is 12.2. The van der Waals surface area contributed by atoms with Gasteiger partial charge in [0.1, 0.15) is 0 Å². The second kappa shape index (κ2) is 4.03. The molecule has 6 heteroatoms. The largest absolute Gasteiger partial charge is 0.342 e. The van der Waals surface area contributed by atoms with Crippen LogP contribution >= 0.6 is 0 Å². The molecule has 0 radical (unpaired) electrons. The molecule has 1 saturated carbocycles. The van der Waals surface area contributed by atoms with Crippen LogP contribution in [-0.2, 0) is 11.2 Å². The Morgan fingerprint density at radius 2 is 2.33 bits per heavy atom. The first kappa shape index (κ1) is 11.6. The number of likely N-dealkylation sites (tertiary alicyclic amines) is 1. The van der Waals surface area contributed by atoms with E-state index in [4.69, 9.17) is 0 Å². The highest BCUT2D eigenvalue weighted by Crippen LogP contribution is 2.52. The zero-order valence-corrected chi connectivity index (χ0v) is 10.9. The first-order valence-corrected chi connectivity index (χ1v) is 6.57. The Hall–Kier alpha value is -1.46. The molecular formula is C12H19N5O. The maximum absolute atomic E-state index is 12.2. The summed E-state index contributed by atoms with van der Waals surface area (Å²) in [4.78, 5) is 14.3. The normalized spacial score (nSPS) is 29.6. The Morgan fingerprint density at radius 3 is 2.94 bits per heavy atom. The molecule has 1 aromatic heterocycles.